The molecule has 2 heteroatoms. The zero-order valence-corrected chi connectivity index (χ0v) is 9.44. The van der Waals surface area contributed by atoms with E-state index in [1.807, 2.05) is 31.2 Å². The molecule has 0 saturated carbocycles. The van der Waals surface area contributed by atoms with E-state index < -0.39 is 0 Å². The van der Waals surface area contributed by atoms with Crippen LogP contribution in [0.1, 0.15) is 25.3 Å². The summed E-state index contributed by atoms with van der Waals surface area (Å²) in [7, 11) is 0. The summed E-state index contributed by atoms with van der Waals surface area (Å²) in [6.07, 6.45) is 3.88. The van der Waals surface area contributed by atoms with Crippen LogP contribution in [0.4, 0.5) is 0 Å². The van der Waals surface area contributed by atoms with Crippen molar-refractivity contribution in [3.63, 3.8) is 0 Å². The van der Waals surface area contributed by atoms with Crippen LogP contribution in [-0.4, -0.2) is 10.8 Å². The van der Waals surface area contributed by atoms with Gasteiger partial charge in [0, 0.05) is 24.4 Å². The first-order valence-corrected chi connectivity index (χ1v) is 5.65. The average molecular weight is 213 g/mol. The highest BCUT2D eigenvalue weighted by Gasteiger charge is 2.03. The van der Waals surface area contributed by atoms with E-state index in [9.17, 15) is 4.79 Å². The van der Waals surface area contributed by atoms with Gasteiger partial charge >= 0.3 is 0 Å². The topological polar surface area (TPSA) is 30.0 Å². The average Bonchev–Trinajstić information content (AvgIpc) is 2.29. The van der Waals surface area contributed by atoms with Crippen molar-refractivity contribution in [3.8, 4) is 0 Å². The summed E-state index contributed by atoms with van der Waals surface area (Å²) in [5.41, 5.74) is 1.99. The maximum atomic E-state index is 11.5. The molecule has 2 nitrogen and oxygen atoms in total. The third-order valence-corrected chi connectivity index (χ3v) is 2.58. The third-order valence-electron chi connectivity index (χ3n) is 2.58. The normalized spacial score (nSPS) is 10.6. The monoisotopic (exact) mass is 213 g/mol. The molecule has 0 amide bonds. The maximum Gasteiger partial charge on any atom is 0.137 e. The summed E-state index contributed by atoms with van der Waals surface area (Å²) in [6, 6.07) is 10.0. The Kier molecular flexibility index (Phi) is 3.30. The molecule has 0 N–H and O–H groups in total. The largest absolute Gasteiger partial charge is 0.299 e. The van der Waals surface area contributed by atoms with Gasteiger partial charge in [-0.05, 0) is 24.1 Å². The van der Waals surface area contributed by atoms with E-state index in [-0.39, 0.29) is 0 Å². The first kappa shape index (κ1) is 10.8. The predicted octanol–water partition coefficient (Wildman–Crippen LogP) is 3.15. The van der Waals surface area contributed by atoms with Crippen molar-refractivity contribution < 1.29 is 4.79 Å². The van der Waals surface area contributed by atoms with Gasteiger partial charge in [-0.25, -0.2) is 0 Å². The molecule has 16 heavy (non-hydrogen) atoms. The molecule has 0 atom stereocenters. The number of benzene rings is 1. The number of rotatable bonds is 4. The molecule has 0 saturated heterocycles. The minimum absolute atomic E-state index is 0.291. The van der Waals surface area contributed by atoms with Crippen LogP contribution in [0, 0.1) is 0 Å². The molecule has 0 unspecified atom stereocenters. The molecule has 0 fully saturated rings. The fourth-order valence-electron chi connectivity index (χ4n) is 1.81. The van der Waals surface area contributed by atoms with Crippen LogP contribution in [0.15, 0.2) is 36.5 Å². The highest BCUT2D eigenvalue weighted by molar-refractivity contribution is 5.83. The van der Waals surface area contributed by atoms with E-state index in [1.54, 1.807) is 6.20 Å². The number of ketones is 1. The minimum Gasteiger partial charge on any atom is -0.299 e. The SMILES string of the molecule is CCCC(=O)Cc1cnc2ccccc2c1. The fraction of sp³-hybridized carbons (Fsp3) is 0.286. The van der Waals surface area contributed by atoms with Crippen LogP contribution >= 0.6 is 0 Å². The highest BCUT2D eigenvalue weighted by atomic mass is 16.1. The zero-order valence-electron chi connectivity index (χ0n) is 9.44. The summed E-state index contributed by atoms with van der Waals surface area (Å²) in [6.45, 7) is 2.02. The fourth-order valence-corrected chi connectivity index (χ4v) is 1.81. The van der Waals surface area contributed by atoms with Gasteiger partial charge < -0.3 is 0 Å². The molecule has 0 radical (unpaired) electrons. The Balaban J connectivity index is 2.22. The van der Waals surface area contributed by atoms with Gasteiger partial charge in [-0.1, -0.05) is 25.1 Å². The van der Waals surface area contributed by atoms with Gasteiger partial charge in [-0.15, -0.1) is 0 Å². The van der Waals surface area contributed by atoms with Gasteiger partial charge in [0.15, 0.2) is 0 Å². The van der Waals surface area contributed by atoms with E-state index in [0.717, 1.165) is 22.9 Å². The predicted molar refractivity (Wildman–Crippen MR) is 65.4 cm³/mol. The summed E-state index contributed by atoms with van der Waals surface area (Å²) in [5.74, 6) is 0.291. The number of nitrogens with zero attached hydrogens (tertiary/aromatic N) is 1. The first-order valence-electron chi connectivity index (χ1n) is 5.65. The van der Waals surface area contributed by atoms with Crippen molar-refractivity contribution in [1.82, 2.24) is 4.98 Å². The molecule has 2 rings (SSSR count). The molecule has 0 bridgehead atoms. The smallest absolute Gasteiger partial charge is 0.137 e. The van der Waals surface area contributed by atoms with E-state index >= 15 is 0 Å². The van der Waals surface area contributed by atoms with Gasteiger partial charge in [0.25, 0.3) is 0 Å². The molecule has 0 aliphatic heterocycles. The Labute approximate surface area is 95.3 Å². The Bertz CT molecular complexity index is 505. The number of carbonyl (C=O) groups excluding carboxylic acids is 1. The van der Waals surface area contributed by atoms with Gasteiger partial charge in [0.2, 0.25) is 0 Å². The van der Waals surface area contributed by atoms with Crippen molar-refractivity contribution in [2.24, 2.45) is 0 Å². The number of Topliss-reactive ketones (excluding diaryl/α,β-unsaturated/α-hetero) is 1. The summed E-state index contributed by atoms with van der Waals surface area (Å²) in [4.78, 5) is 15.9. The lowest BCUT2D eigenvalue weighted by molar-refractivity contribution is -0.118. The van der Waals surface area contributed by atoms with Crippen LogP contribution in [0.2, 0.25) is 0 Å². The maximum absolute atomic E-state index is 11.5. The summed E-state index contributed by atoms with van der Waals surface area (Å²) < 4.78 is 0. The van der Waals surface area contributed by atoms with Crippen molar-refractivity contribution in [2.75, 3.05) is 0 Å². The first-order chi connectivity index (χ1) is 7.79. The van der Waals surface area contributed by atoms with Crippen LogP contribution in [0.25, 0.3) is 10.9 Å². The van der Waals surface area contributed by atoms with Gasteiger partial charge in [-0.3, -0.25) is 9.78 Å². The van der Waals surface area contributed by atoms with Gasteiger partial charge in [0.1, 0.15) is 5.78 Å². The minimum atomic E-state index is 0.291. The van der Waals surface area contributed by atoms with Crippen LogP contribution in [-0.2, 0) is 11.2 Å². The Morgan fingerprint density at radius 3 is 2.94 bits per heavy atom. The van der Waals surface area contributed by atoms with Gasteiger partial charge in [-0.2, -0.15) is 0 Å². The van der Waals surface area contributed by atoms with E-state index in [2.05, 4.69) is 11.1 Å². The van der Waals surface area contributed by atoms with Crippen LogP contribution in [0.5, 0.6) is 0 Å². The van der Waals surface area contributed by atoms with Crippen molar-refractivity contribution in [1.29, 1.82) is 0 Å². The lowest BCUT2D eigenvalue weighted by Crippen LogP contribution is -2.02. The van der Waals surface area contributed by atoms with E-state index in [1.165, 1.54) is 0 Å². The van der Waals surface area contributed by atoms with Gasteiger partial charge in [0.05, 0.1) is 5.52 Å². The molecule has 82 valence electrons. The Morgan fingerprint density at radius 1 is 1.31 bits per heavy atom. The quantitative estimate of drug-likeness (QED) is 0.781. The number of carbonyl (C=O) groups is 1. The zero-order chi connectivity index (χ0) is 11.4. The Hall–Kier alpha value is -1.70. The number of pyridine rings is 1. The molecule has 0 aliphatic rings. The molecule has 0 spiro atoms. The van der Waals surface area contributed by atoms with Crippen molar-refractivity contribution in [2.45, 2.75) is 26.2 Å². The molecule has 1 heterocycles. The van der Waals surface area contributed by atoms with Crippen LogP contribution < -0.4 is 0 Å². The molecule has 1 aromatic carbocycles. The second-order valence-electron chi connectivity index (χ2n) is 4.00. The van der Waals surface area contributed by atoms with E-state index in [0.29, 0.717) is 18.6 Å². The van der Waals surface area contributed by atoms with Crippen molar-refractivity contribution >= 4 is 16.7 Å². The molecule has 0 aliphatic carbocycles. The number of fused-ring (bicyclic) bond motifs is 1. The molecule has 2 aromatic rings. The molecular weight excluding hydrogens is 198 g/mol. The Morgan fingerprint density at radius 2 is 2.12 bits per heavy atom. The number of aromatic nitrogens is 1. The van der Waals surface area contributed by atoms with Crippen LogP contribution in [0.3, 0.4) is 0 Å². The second kappa shape index (κ2) is 4.88. The van der Waals surface area contributed by atoms with Crippen molar-refractivity contribution in [3.05, 3.63) is 42.1 Å². The third kappa shape index (κ3) is 2.45. The lowest BCUT2D eigenvalue weighted by atomic mass is 10.1. The van der Waals surface area contributed by atoms with E-state index in [4.69, 9.17) is 0 Å². The summed E-state index contributed by atoms with van der Waals surface area (Å²) in [5, 5.41) is 1.10. The molecule has 1 aromatic heterocycles. The number of hydrogen-bond acceptors (Lipinski definition) is 2. The highest BCUT2D eigenvalue weighted by Crippen LogP contribution is 2.13. The summed E-state index contributed by atoms with van der Waals surface area (Å²) >= 11 is 0. The number of para-hydroxylation sites is 1. The standard InChI is InChI=1S/C14H15NO/c1-2-5-13(16)9-11-8-12-6-3-4-7-14(12)15-10-11/h3-4,6-8,10H,2,5,9H2,1H3. The lowest BCUT2D eigenvalue weighted by Gasteiger charge is -2.02. The second-order valence-corrected chi connectivity index (χ2v) is 4.00. The molecular formula is C14H15NO. The number of hydrogen-bond donors (Lipinski definition) is 0.